The van der Waals surface area contributed by atoms with Crippen LogP contribution in [0.3, 0.4) is 0 Å². The first kappa shape index (κ1) is 15.2. The van der Waals surface area contributed by atoms with Crippen molar-refractivity contribution < 1.29 is 23.8 Å². The highest BCUT2D eigenvalue weighted by atomic mass is 19.1. The van der Waals surface area contributed by atoms with Gasteiger partial charge < -0.3 is 15.2 Å². The van der Waals surface area contributed by atoms with Gasteiger partial charge in [-0.25, -0.2) is 13.9 Å². The van der Waals surface area contributed by atoms with E-state index in [2.05, 4.69) is 10.4 Å². The highest BCUT2D eigenvalue weighted by molar-refractivity contribution is 5.96. The van der Waals surface area contributed by atoms with E-state index in [0.717, 1.165) is 0 Å². The van der Waals surface area contributed by atoms with Crippen LogP contribution >= 0.6 is 0 Å². The maximum atomic E-state index is 13.7. The topological polar surface area (TPSA) is 93.5 Å². The van der Waals surface area contributed by atoms with E-state index in [4.69, 9.17) is 4.74 Å². The molecule has 120 valence electrons. The van der Waals surface area contributed by atoms with Crippen LogP contribution in [0.4, 0.5) is 4.39 Å². The van der Waals surface area contributed by atoms with Gasteiger partial charge in [-0.2, -0.15) is 5.10 Å². The molecule has 1 saturated heterocycles. The molecule has 0 aliphatic carbocycles. The van der Waals surface area contributed by atoms with Crippen molar-refractivity contribution in [2.75, 3.05) is 13.2 Å². The molecule has 2 heterocycles. The van der Waals surface area contributed by atoms with Crippen LogP contribution in [0.25, 0.3) is 5.69 Å². The Bertz CT molecular complexity index is 753. The Morgan fingerprint density at radius 3 is 2.78 bits per heavy atom. The Morgan fingerprint density at radius 1 is 1.35 bits per heavy atom. The maximum Gasteiger partial charge on any atom is 0.331 e. The molecule has 0 bridgehead atoms. The number of carboxylic acid groups (broad SMARTS) is 1. The van der Waals surface area contributed by atoms with Crippen molar-refractivity contribution in [2.45, 2.75) is 12.0 Å². The van der Waals surface area contributed by atoms with Gasteiger partial charge in [-0.05, 0) is 18.2 Å². The lowest BCUT2D eigenvalue weighted by Gasteiger charge is -2.22. The number of carbonyl (C=O) groups is 2. The third-order valence-corrected chi connectivity index (χ3v) is 3.70. The first-order valence-corrected chi connectivity index (χ1v) is 6.96. The van der Waals surface area contributed by atoms with Crippen molar-refractivity contribution in [1.29, 1.82) is 0 Å². The van der Waals surface area contributed by atoms with Crippen LogP contribution in [0.2, 0.25) is 0 Å². The lowest BCUT2D eigenvalue weighted by atomic mass is 9.99. The van der Waals surface area contributed by atoms with Crippen LogP contribution < -0.4 is 5.32 Å². The number of halogens is 1. The molecule has 8 heteroatoms. The van der Waals surface area contributed by atoms with Gasteiger partial charge in [-0.15, -0.1) is 0 Å². The number of ether oxygens (including phenoxy) is 1. The maximum absolute atomic E-state index is 13.7. The summed E-state index contributed by atoms with van der Waals surface area (Å²) in [4.78, 5) is 23.6. The number of rotatable bonds is 4. The van der Waals surface area contributed by atoms with Gasteiger partial charge in [0.2, 0.25) is 0 Å². The smallest absolute Gasteiger partial charge is 0.331 e. The van der Waals surface area contributed by atoms with E-state index >= 15 is 0 Å². The van der Waals surface area contributed by atoms with Crippen LogP contribution in [0.5, 0.6) is 0 Å². The number of carboxylic acids is 1. The molecule has 0 radical (unpaired) electrons. The lowest BCUT2D eigenvalue weighted by Crippen LogP contribution is -2.55. The van der Waals surface area contributed by atoms with E-state index in [1.807, 2.05) is 0 Å². The fraction of sp³-hybridized carbons (Fsp3) is 0.267. The van der Waals surface area contributed by atoms with Gasteiger partial charge in [0.25, 0.3) is 5.91 Å². The van der Waals surface area contributed by atoms with Gasteiger partial charge >= 0.3 is 5.97 Å². The van der Waals surface area contributed by atoms with Crippen molar-refractivity contribution in [3.05, 3.63) is 48.0 Å². The molecule has 1 aliphatic heterocycles. The molecule has 0 spiro atoms. The zero-order chi connectivity index (χ0) is 16.4. The van der Waals surface area contributed by atoms with Gasteiger partial charge in [-0.1, -0.05) is 12.1 Å². The fourth-order valence-corrected chi connectivity index (χ4v) is 2.38. The molecule has 0 saturated carbocycles. The predicted octanol–water partition coefficient (Wildman–Crippen LogP) is 0.985. The summed E-state index contributed by atoms with van der Waals surface area (Å²) >= 11 is 0. The number of nitrogens with zero attached hydrogens (tertiary/aromatic N) is 2. The summed E-state index contributed by atoms with van der Waals surface area (Å²) in [7, 11) is 0. The van der Waals surface area contributed by atoms with E-state index in [0.29, 0.717) is 0 Å². The quantitative estimate of drug-likeness (QED) is 0.876. The van der Waals surface area contributed by atoms with Crippen molar-refractivity contribution >= 4 is 11.9 Å². The fourth-order valence-electron chi connectivity index (χ4n) is 2.38. The van der Waals surface area contributed by atoms with E-state index in [9.17, 15) is 19.1 Å². The van der Waals surface area contributed by atoms with Crippen LogP contribution in [0, 0.1) is 5.82 Å². The molecule has 1 atom stereocenters. The molecular weight excluding hydrogens is 305 g/mol. The van der Waals surface area contributed by atoms with E-state index in [-0.39, 0.29) is 31.0 Å². The molecule has 3 rings (SSSR count). The largest absolute Gasteiger partial charge is 0.479 e. The summed E-state index contributed by atoms with van der Waals surface area (Å²) in [6.07, 6.45) is 1.62. The van der Waals surface area contributed by atoms with E-state index < -0.39 is 23.2 Å². The van der Waals surface area contributed by atoms with Crippen molar-refractivity contribution in [1.82, 2.24) is 15.1 Å². The van der Waals surface area contributed by atoms with E-state index in [1.54, 1.807) is 12.1 Å². The predicted molar refractivity (Wildman–Crippen MR) is 76.8 cm³/mol. The number of para-hydroxylation sites is 1. The molecule has 1 amide bonds. The second kappa shape index (κ2) is 5.81. The number of amides is 1. The number of aliphatic carboxylic acids is 1. The first-order valence-electron chi connectivity index (χ1n) is 6.96. The molecule has 1 aromatic heterocycles. The molecule has 1 fully saturated rings. The van der Waals surface area contributed by atoms with Crippen molar-refractivity contribution in [3.63, 3.8) is 0 Å². The van der Waals surface area contributed by atoms with Crippen molar-refractivity contribution in [3.8, 4) is 5.69 Å². The van der Waals surface area contributed by atoms with Crippen LogP contribution in [0.15, 0.2) is 36.5 Å². The summed E-state index contributed by atoms with van der Waals surface area (Å²) in [6, 6.07) is 7.40. The number of hydrogen-bond acceptors (Lipinski definition) is 4. The molecule has 1 aliphatic rings. The monoisotopic (exact) mass is 319 g/mol. The minimum Gasteiger partial charge on any atom is -0.479 e. The SMILES string of the molecule is O=C(NC1(C(=O)O)CCOC1)c1ccn(-c2ccccc2F)n1. The lowest BCUT2D eigenvalue weighted by molar-refractivity contribution is -0.144. The van der Waals surface area contributed by atoms with Gasteiger partial charge in [-0.3, -0.25) is 4.79 Å². The van der Waals surface area contributed by atoms with Gasteiger partial charge in [0.05, 0.1) is 6.61 Å². The number of nitrogens with one attached hydrogen (secondary N) is 1. The number of carbonyl (C=O) groups excluding carboxylic acids is 1. The molecule has 2 aromatic rings. The second-order valence-corrected chi connectivity index (χ2v) is 5.24. The first-order chi connectivity index (χ1) is 11.0. The molecule has 23 heavy (non-hydrogen) atoms. The van der Waals surface area contributed by atoms with E-state index in [1.165, 1.54) is 29.1 Å². The Morgan fingerprint density at radius 2 is 2.13 bits per heavy atom. The normalized spacial score (nSPS) is 20.4. The number of benzene rings is 1. The molecule has 1 aromatic carbocycles. The Kier molecular flexibility index (Phi) is 3.83. The average Bonchev–Trinajstić information content (AvgIpc) is 3.17. The zero-order valence-corrected chi connectivity index (χ0v) is 12.0. The summed E-state index contributed by atoms with van der Waals surface area (Å²) in [6.45, 7) is 0.165. The van der Waals surface area contributed by atoms with Crippen LogP contribution in [-0.2, 0) is 9.53 Å². The highest BCUT2D eigenvalue weighted by Crippen LogP contribution is 2.20. The summed E-state index contributed by atoms with van der Waals surface area (Å²) in [5, 5.41) is 15.8. The molecular formula is C15H14FN3O4. The molecule has 7 nitrogen and oxygen atoms in total. The number of hydrogen-bond donors (Lipinski definition) is 2. The minimum absolute atomic E-state index is 0.000720. The summed E-state index contributed by atoms with van der Waals surface area (Å²) in [5.74, 6) is -2.28. The molecule has 2 N–H and O–H groups in total. The van der Waals surface area contributed by atoms with Gasteiger partial charge in [0, 0.05) is 19.2 Å². The van der Waals surface area contributed by atoms with Gasteiger partial charge in [0.1, 0.15) is 11.5 Å². The third kappa shape index (κ3) is 2.80. The van der Waals surface area contributed by atoms with Crippen LogP contribution in [-0.4, -0.2) is 45.5 Å². The van der Waals surface area contributed by atoms with Gasteiger partial charge in [0.15, 0.2) is 11.2 Å². The minimum atomic E-state index is -1.45. The standard InChI is InChI=1S/C15H14FN3O4/c16-10-3-1-2-4-12(10)19-7-5-11(18-19)13(20)17-15(14(21)22)6-8-23-9-15/h1-5,7H,6,8-9H2,(H,17,20)(H,21,22). The average molecular weight is 319 g/mol. The Labute approximate surface area is 130 Å². The number of aromatic nitrogens is 2. The highest BCUT2D eigenvalue weighted by Gasteiger charge is 2.44. The summed E-state index contributed by atoms with van der Waals surface area (Å²) < 4.78 is 20.0. The third-order valence-electron chi connectivity index (χ3n) is 3.70. The van der Waals surface area contributed by atoms with Crippen LogP contribution in [0.1, 0.15) is 16.9 Å². The zero-order valence-electron chi connectivity index (χ0n) is 12.0. The summed E-state index contributed by atoms with van der Waals surface area (Å²) in [5.41, 5.74) is -1.25. The Hall–Kier alpha value is -2.74. The Balaban J connectivity index is 1.82. The second-order valence-electron chi connectivity index (χ2n) is 5.24. The van der Waals surface area contributed by atoms with Crippen molar-refractivity contribution in [2.24, 2.45) is 0 Å². The molecule has 1 unspecified atom stereocenters.